The molecule has 2 amide bonds. The topological polar surface area (TPSA) is 166 Å². The lowest BCUT2D eigenvalue weighted by molar-refractivity contribution is -0.485. The smallest absolute Gasteiger partial charge is 0.242 e. The summed E-state index contributed by atoms with van der Waals surface area (Å²) in [4.78, 5) is 38.5. The Morgan fingerprint density at radius 2 is 1.14 bits per heavy atom. The molecule has 4 aromatic rings. The SMILES string of the molecule is N/C(=N/[N+](=O)[O-])C(N)CCC(NC(=O)C(c1ccccc1)c1ccccc1)C(=O)NCC(c1ccccc1)c1ccccc1. The van der Waals surface area contributed by atoms with Crippen molar-refractivity contribution in [2.75, 3.05) is 6.54 Å². The fourth-order valence-corrected chi connectivity index (χ4v) is 5.10. The van der Waals surface area contributed by atoms with E-state index in [0.717, 1.165) is 22.3 Å². The van der Waals surface area contributed by atoms with Gasteiger partial charge in [-0.1, -0.05) is 121 Å². The molecule has 6 N–H and O–H groups in total. The molecule has 44 heavy (non-hydrogen) atoms. The van der Waals surface area contributed by atoms with Crippen LogP contribution in [0.15, 0.2) is 126 Å². The van der Waals surface area contributed by atoms with Crippen LogP contribution in [0.4, 0.5) is 0 Å². The fraction of sp³-hybridized carbons (Fsp3) is 0.206. The van der Waals surface area contributed by atoms with Crippen LogP contribution in [0.2, 0.25) is 0 Å². The third-order valence-electron chi connectivity index (χ3n) is 7.39. The van der Waals surface area contributed by atoms with Crippen LogP contribution in [-0.2, 0) is 9.59 Å². The van der Waals surface area contributed by atoms with Gasteiger partial charge >= 0.3 is 0 Å². The zero-order chi connectivity index (χ0) is 31.3. The van der Waals surface area contributed by atoms with Crippen molar-refractivity contribution in [3.05, 3.63) is 154 Å². The van der Waals surface area contributed by atoms with Gasteiger partial charge in [0.2, 0.25) is 11.8 Å². The summed E-state index contributed by atoms with van der Waals surface area (Å²) in [6, 6.07) is 36.3. The molecule has 4 rings (SSSR count). The molecule has 0 saturated heterocycles. The number of nitrogens with two attached hydrogens (primary N) is 2. The number of carbonyl (C=O) groups excluding carboxylic acids is 2. The fourth-order valence-electron chi connectivity index (χ4n) is 5.10. The van der Waals surface area contributed by atoms with E-state index >= 15 is 0 Å². The van der Waals surface area contributed by atoms with Crippen LogP contribution < -0.4 is 22.1 Å². The van der Waals surface area contributed by atoms with Crippen LogP contribution >= 0.6 is 0 Å². The molecule has 2 atom stereocenters. The number of nitro groups is 1. The maximum absolute atomic E-state index is 13.9. The van der Waals surface area contributed by atoms with Gasteiger partial charge in [0, 0.05) is 12.5 Å². The predicted octanol–water partition coefficient (Wildman–Crippen LogP) is 3.91. The number of hydrazone groups is 1. The number of nitrogens with zero attached hydrogens (tertiary/aromatic N) is 2. The molecule has 0 aromatic heterocycles. The average Bonchev–Trinajstić information content (AvgIpc) is 3.04. The highest BCUT2D eigenvalue weighted by atomic mass is 16.7. The minimum atomic E-state index is -1.00. The number of hydrogen-bond acceptors (Lipinski definition) is 5. The Hall–Kier alpha value is -5.35. The molecule has 0 fully saturated rings. The molecule has 2 unspecified atom stereocenters. The maximum Gasteiger partial charge on any atom is 0.242 e. The highest BCUT2D eigenvalue weighted by molar-refractivity contribution is 5.92. The normalized spacial score (nSPS) is 12.8. The molecule has 0 aliphatic carbocycles. The summed E-state index contributed by atoms with van der Waals surface area (Å²) in [5.41, 5.74) is 15.3. The molecule has 10 nitrogen and oxygen atoms in total. The molecule has 0 bridgehead atoms. The highest BCUT2D eigenvalue weighted by Crippen LogP contribution is 2.26. The van der Waals surface area contributed by atoms with E-state index in [1.54, 1.807) is 0 Å². The lowest BCUT2D eigenvalue weighted by Gasteiger charge is -2.25. The summed E-state index contributed by atoms with van der Waals surface area (Å²) in [5.74, 6) is -1.95. The second-order valence-corrected chi connectivity index (χ2v) is 10.4. The number of hydrogen-bond donors (Lipinski definition) is 4. The van der Waals surface area contributed by atoms with E-state index in [4.69, 9.17) is 11.5 Å². The summed E-state index contributed by atoms with van der Waals surface area (Å²) >= 11 is 0. The number of rotatable bonds is 14. The second-order valence-electron chi connectivity index (χ2n) is 10.4. The molecule has 0 aliphatic rings. The number of carbonyl (C=O) groups is 2. The van der Waals surface area contributed by atoms with E-state index in [1.807, 2.05) is 121 Å². The van der Waals surface area contributed by atoms with E-state index in [-0.39, 0.29) is 37.0 Å². The number of amidine groups is 1. The van der Waals surface area contributed by atoms with Crippen molar-refractivity contribution >= 4 is 17.6 Å². The highest BCUT2D eigenvalue weighted by Gasteiger charge is 2.29. The summed E-state index contributed by atoms with van der Waals surface area (Å²) in [6.45, 7) is 0.275. The Bertz CT molecular complexity index is 1460. The van der Waals surface area contributed by atoms with Crippen LogP contribution in [0.1, 0.15) is 46.9 Å². The third kappa shape index (κ3) is 8.83. The van der Waals surface area contributed by atoms with Crippen molar-refractivity contribution in [1.82, 2.24) is 10.6 Å². The average molecular weight is 593 g/mol. The zero-order valence-corrected chi connectivity index (χ0v) is 24.2. The van der Waals surface area contributed by atoms with Crippen LogP contribution in [0, 0.1) is 10.1 Å². The van der Waals surface area contributed by atoms with Gasteiger partial charge in [-0.2, -0.15) is 0 Å². The van der Waals surface area contributed by atoms with Crippen molar-refractivity contribution in [3.63, 3.8) is 0 Å². The van der Waals surface area contributed by atoms with Crippen LogP contribution in [0.3, 0.4) is 0 Å². The van der Waals surface area contributed by atoms with E-state index in [2.05, 4.69) is 15.7 Å². The quantitative estimate of drug-likeness (QED) is 0.0750. The van der Waals surface area contributed by atoms with E-state index < -0.39 is 28.9 Å². The summed E-state index contributed by atoms with van der Waals surface area (Å²) < 4.78 is 0. The summed E-state index contributed by atoms with van der Waals surface area (Å²) in [6.07, 6.45) is 0.147. The van der Waals surface area contributed by atoms with Gasteiger partial charge < -0.3 is 22.1 Å². The molecule has 0 aliphatic heterocycles. The first kappa shape index (κ1) is 31.6. The molecule has 226 valence electrons. The number of amides is 2. The number of benzene rings is 4. The summed E-state index contributed by atoms with van der Waals surface area (Å²) in [7, 11) is 0. The van der Waals surface area contributed by atoms with Gasteiger partial charge in [0.25, 0.3) is 0 Å². The maximum atomic E-state index is 13.9. The zero-order valence-electron chi connectivity index (χ0n) is 24.2. The van der Waals surface area contributed by atoms with E-state index in [9.17, 15) is 19.7 Å². The Labute approximate surface area is 256 Å². The number of nitrogens with one attached hydrogen (secondary N) is 2. The largest absolute Gasteiger partial charge is 0.381 e. The first-order valence-corrected chi connectivity index (χ1v) is 14.3. The van der Waals surface area contributed by atoms with Gasteiger partial charge in [-0.05, 0) is 35.1 Å². The van der Waals surface area contributed by atoms with Crippen molar-refractivity contribution in [2.24, 2.45) is 16.6 Å². The molecular formula is C34H36N6O4. The first-order valence-electron chi connectivity index (χ1n) is 14.3. The molecule has 4 aromatic carbocycles. The van der Waals surface area contributed by atoms with Gasteiger partial charge in [0.05, 0.1) is 17.1 Å². The van der Waals surface area contributed by atoms with Gasteiger partial charge in [-0.15, -0.1) is 0 Å². The third-order valence-corrected chi connectivity index (χ3v) is 7.39. The lowest BCUT2D eigenvalue weighted by atomic mass is 9.90. The minimum absolute atomic E-state index is 0.0731. The van der Waals surface area contributed by atoms with Crippen molar-refractivity contribution in [1.29, 1.82) is 0 Å². The Kier molecular flexibility index (Phi) is 11.3. The Morgan fingerprint density at radius 1 is 0.705 bits per heavy atom. The van der Waals surface area contributed by atoms with Crippen LogP contribution in [-0.4, -0.2) is 41.3 Å². The minimum Gasteiger partial charge on any atom is -0.381 e. The molecule has 0 spiro atoms. The van der Waals surface area contributed by atoms with Crippen molar-refractivity contribution in [3.8, 4) is 0 Å². The molecular weight excluding hydrogens is 556 g/mol. The molecule has 0 saturated carbocycles. The van der Waals surface area contributed by atoms with Crippen LogP contribution in [0.25, 0.3) is 0 Å². The van der Waals surface area contributed by atoms with Crippen LogP contribution in [0.5, 0.6) is 0 Å². The van der Waals surface area contributed by atoms with Gasteiger partial charge in [-0.25, -0.2) is 10.1 Å². The van der Waals surface area contributed by atoms with E-state index in [1.165, 1.54) is 0 Å². The Morgan fingerprint density at radius 3 is 1.57 bits per heavy atom. The first-order chi connectivity index (χ1) is 21.3. The lowest BCUT2D eigenvalue weighted by Crippen LogP contribution is -2.50. The molecule has 10 heteroatoms. The van der Waals surface area contributed by atoms with Crippen molar-refractivity contribution in [2.45, 2.75) is 36.8 Å². The van der Waals surface area contributed by atoms with Gasteiger partial charge in [0.1, 0.15) is 6.04 Å². The standard InChI is InChI=1S/C34H36N6O4/c35-29(32(36)39-40(43)44)21-22-30(38-34(42)31(26-17-9-3-10-18-26)27-19-11-4-12-20-27)33(41)37-23-28(24-13-5-1-6-14-24)25-15-7-2-8-16-25/h1-20,28-31H,21-23,35H2,(H2,36,39)(H,37,41)(H,38,42). The van der Waals surface area contributed by atoms with Gasteiger partial charge in [0.15, 0.2) is 10.9 Å². The Balaban J connectivity index is 1.58. The molecule has 0 radical (unpaired) electrons. The summed E-state index contributed by atoms with van der Waals surface area (Å²) in [5, 5.41) is 18.9. The van der Waals surface area contributed by atoms with Gasteiger partial charge in [-0.3, -0.25) is 9.59 Å². The van der Waals surface area contributed by atoms with Crippen molar-refractivity contribution < 1.29 is 14.6 Å². The molecule has 0 heterocycles. The predicted molar refractivity (Wildman–Crippen MR) is 170 cm³/mol. The monoisotopic (exact) mass is 592 g/mol. The second kappa shape index (κ2) is 15.8. The van der Waals surface area contributed by atoms with E-state index in [0.29, 0.717) is 0 Å².